The summed E-state index contributed by atoms with van der Waals surface area (Å²) in [6.07, 6.45) is 0. The second kappa shape index (κ2) is 5.66. The minimum Gasteiger partial charge on any atom is -0.409 e. The molecule has 0 atom stereocenters. The average Bonchev–Trinajstić information content (AvgIpc) is 2.91. The van der Waals surface area contributed by atoms with E-state index in [9.17, 15) is 4.79 Å². The lowest BCUT2D eigenvalue weighted by Crippen LogP contribution is -2.26. The van der Waals surface area contributed by atoms with Gasteiger partial charge in [0.1, 0.15) is 4.88 Å². The third kappa shape index (κ3) is 2.59. The van der Waals surface area contributed by atoms with E-state index in [4.69, 9.17) is 10.9 Å². The number of anilines is 1. The maximum atomic E-state index is 12.3. The SMILES string of the molecule is Cc1nnsc1C(=O)N(C)c1ccc(C(N)=NO)cc1. The Balaban J connectivity index is 2.24. The van der Waals surface area contributed by atoms with Crippen LogP contribution in [0.1, 0.15) is 20.9 Å². The topological polar surface area (TPSA) is 105 Å². The quantitative estimate of drug-likeness (QED) is 0.383. The standard InChI is InChI=1S/C12H13N5O2S/c1-7-10(20-16-14-7)12(18)17(2)9-5-3-8(4-6-9)11(13)15-19/h3-6,19H,1-2H3,(H2,13,15). The van der Waals surface area contributed by atoms with Crippen LogP contribution in [0.3, 0.4) is 0 Å². The summed E-state index contributed by atoms with van der Waals surface area (Å²) in [5.74, 6) is -0.151. The fraction of sp³-hybridized carbons (Fsp3) is 0.167. The van der Waals surface area contributed by atoms with E-state index in [2.05, 4.69) is 14.7 Å². The molecule has 1 aromatic heterocycles. The Hall–Kier alpha value is -2.48. The zero-order valence-electron chi connectivity index (χ0n) is 10.9. The molecule has 0 fully saturated rings. The van der Waals surface area contributed by atoms with Crippen LogP contribution >= 0.6 is 11.5 Å². The highest BCUT2D eigenvalue weighted by Crippen LogP contribution is 2.19. The number of aromatic nitrogens is 2. The first-order valence-electron chi connectivity index (χ1n) is 5.69. The summed E-state index contributed by atoms with van der Waals surface area (Å²) in [6, 6.07) is 6.78. The summed E-state index contributed by atoms with van der Waals surface area (Å²) >= 11 is 1.07. The summed E-state index contributed by atoms with van der Waals surface area (Å²) < 4.78 is 3.75. The third-order valence-corrected chi connectivity index (χ3v) is 3.62. The predicted molar refractivity (Wildman–Crippen MR) is 76.3 cm³/mol. The number of hydrogen-bond acceptors (Lipinski definition) is 6. The molecule has 2 rings (SSSR count). The first-order chi connectivity index (χ1) is 9.54. The second-order valence-corrected chi connectivity index (χ2v) is 4.84. The lowest BCUT2D eigenvalue weighted by molar-refractivity contribution is 0.0996. The lowest BCUT2D eigenvalue weighted by atomic mass is 10.2. The van der Waals surface area contributed by atoms with Gasteiger partial charge in [0.25, 0.3) is 5.91 Å². The van der Waals surface area contributed by atoms with Gasteiger partial charge in [-0.25, -0.2) is 0 Å². The van der Waals surface area contributed by atoms with Crippen LogP contribution in [-0.2, 0) is 0 Å². The lowest BCUT2D eigenvalue weighted by Gasteiger charge is -2.16. The number of carbonyl (C=O) groups is 1. The van der Waals surface area contributed by atoms with Crippen LogP contribution in [0.4, 0.5) is 5.69 Å². The largest absolute Gasteiger partial charge is 0.409 e. The van der Waals surface area contributed by atoms with E-state index in [1.54, 1.807) is 38.2 Å². The van der Waals surface area contributed by atoms with Gasteiger partial charge in [-0.1, -0.05) is 9.64 Å². The van der Waals surface area contributed by atoms with E-state index in [1.165, 1.54) is 4.90 Å². The van der Waals surface area contributed by atoms with Crippen molar-refractivity contribution in [3.8, 4) is 0 Å². The molecule has 0 saturated carbocycles. The van der Waals surface area contributed by atoms with E-state index >= 15 is 0 Å². The number of nitrogens with two attached hydrogens (primary N) is 1. The van der Waals surface area contributed by atoms with Gasteiger partial charge in [0.2, 0.25) is 0 Å². The molecule has 0 aliphatic carbocycles. The van der Waals surface area contributed by atoms with Crippen molar-refractivity contribution in [2.24, 2.45) is 10.9 Å². The number of amides is 1. The normalized spacial score (nSPS) is 11.4. The molecular weight excluding hydrogens is 278 g/mol. The molecule has 1 amide bonds. The fourth-order valence-corrected chi connectivity index (χ4v) is 2.24. The minimum absolute atomic E-state index is 0.0213. The third-order valence-electron chi connectivity index (χ3n) is 2.81. The molecule has 20 heavy (non-hydrogen) atoms. The molecule has 7 nitrogen and oxygen atoms in total. The molecule has 1 aromatic carbocycles. The van der Waals surface area contributed by atoms with Gasteiger partial charge in [-0.05, 0) is 42.7 Å². The molecule has 1 heterocycles. The van der Waals surface area contributed by atoms with Crippen LogP contribution < -0.4 is 10.6 Å². The van der Waals surface area contributed by atoms with Gasteiger partial charge in [-0.15, -0.1) is 5.10 Å². The number of hydrogen-bond donors (Lipinski definition) is 2. The van der Waals surface area contributed by atoms with Gasteiger partial charge in [0.05, 0.1) is 5.69 Å². The summed E-state index contributed by atoms with van der Waals surface area (Å²) in [6.45, 7) is 1.74. The van der Waals surface area contributed by atoms with Crippen molar-refractivity contribution >= 4 is 29.0 Å². The van der Waals surface area contributed by atoms with Crippen molar-refractivity contribution in [3.63, 3.8) is 0 Å². The zero-order chi connectivity index (χ0) is 14.7. The number of amidine groups is 1. The highest BCUT2D eigenvalue weighted by Gasteiger charge is 2.18. The summed E-state index contributed by atoms with van der Waals surface area (Å²) in [7, 11) is 1.67. The molecular formula is C12H13N5O2S. The van der Waals surface area contributed by atoms with Gasteiger partial charge < -0.3 is 15.8 Å². The molecule has 2 aromatic rings. The van der Waals surface area contributed by atoms with Crippen LogP contribution in [0.15, 0.2) is 29.4 Å². The van der Waals surface area contributed by atoms with Crippen LogP contribution in [0.5, 0.6) is 0 Å². The summed E-state index contributed by atoms with van der Waals surface area (Å²) in [5.41, 5.74) is 7.36. The van der Waals surface area contributed by atoms with E-state index in [1.807, 2.05) is 0 Å². The van der Waals surface area contributed by atoms with Crippen molar-refractivity contribution in [1.29, 1.82) is 0 Å². The maximum Gasteiger partial charge on any atom is 0.271 e. The van der Waals surface area contributed by atoms with Crippen molar-refractivity contribution in [2.45, 2.75) is 6.92 Å². The molecule has 0 radical (unpaired) electrons. The van der Waals surface area contributed by atoms with Crippen molar-refractivity contribution < 1.29 is 10.0 Å². The number of carbonyl (C=O) groups excluding carboxylic acids is 1. The minimum atomic E-state index is -0.172. The number of oxime groups is 1. The first-order valence-corrected chi connectivity index (χ1v) is 6.47. The molecule has 0 bridgehead atoms. The van der Waals surface area contributed by atoms with E-state index < -0.39 is 0 Å². The second-order valence-electron chi connectivity index (χ2n) is 4.08. The Labute approximate surface area is 119 Å². The van der Waals surface area contributed by atoms with Crippen molar-refractivity contribution in [3.05, 3.63) is 40.4 Å². The van der Waals surface area contributed by atoms with Crippen LogP contribution in [0.25, 0.3) is 0 Å². The van der Waals surface area contributed by atoms with E-state index in [0.29, 0.717) is 21.8 Å². The highest BCUT2D eigenvalue weighted by atomic mass is 32.1. The smallest absolute Gasteiger partial charge is 0.271 e. The van der Waals surface area contributed by atoms with E-state index in [0.717, 1.165) is 11.5 Å². The van der Waals surface area contributed by atoms with Gasteiger partial charge in [-0.2, -0.15) is 0 Å². The molecule has 8 heteroatoms. The van der Waals surface area contributed by atoms with Gasteiger partial charge in [-0.3, -0.25) is 4.79 Å². The Morgan fingerprint density at radius 1 is 1.40 bits per heavy atom. The molecule has 0 aliphatic rings. The summed E-state index contributed by atoms with van der Waals surface area (Å²) in [5, 5.41) is 15.3. The zero-order valence-corrected chi connectivity index (χ0v) is 11.8. The molecule has 104 valence electrons. The molecule has 0 saturated heterocycles. The Morgan fingerprint density at radius 3 is 2.55 bits per heavy atom. The average molecular weight is 291 g/mol. The molecule has 0 unspecified atom stereocenters. The Morgan fingerprint density at radius 2 is 2.05 bits per heavy atom. The maximum absolute atomic E-state index is 12.3. The van der Waals surface area contributed by atoms with Gasteiger partial charge in [0.15, 0.2) is 5.84 Å². The van der Waals surface area contributed by atoms with Crippen LogP contribution in [0.2, 0.25) is 0 Å². The predicted octanol–water partition coefficient (Wildman–Crippen LogP) is 1.22. The molecule has 0 spiro atoms. The first kappa shape index (κ1) is 13.9. The van der Waals surface area contributed by atoms with Crippen LogP contribution in [0, 0.1) is 6.92 Å². The number of nitrogens with zero attached hydrogens (tertiary/aromatic N) is 4. The Kier molecular flexibility index (Phi) is 3.94. The van der Waals surface area contributed by atoms with Crippen molar-refractivity contribution in [1.82, 2.24) is 9.59 Å². The van der Waals surface area contributed by atoms with Crippen molar-refractivity contribution in [2.75, 3.05) is 11.9 Å². The van der Waals surface area contributed by atoms with E-state index in [-0.39, 0.29) is 11.7 Å². The monoisotopic (exact) mass is 291 g/mol. The molecule has 0 aliphatic heterocycles. The fourth-order valence-electron chi connectivity index (χ4n) is 1.61. The van der Waals surface area contributed by atoms with Gasteiger partial charge in [0, 0.05) is 18.3 Å². The number of benzene rings is 1. The summed E-state index contributed by atoms with van der Waals surface area (Å²) in [4.78, 5) is 14.3. The molecule has 3 N–H and O–H groups in total. The highest BCUT2D eigenvalue weighted by molar-refractivity contribution is 7.08. The number of rotatable bonds is 3. The van der Waals surface area contributed by atoms with Gasteiger partial charge >= 0.3 is 0 Å². The number of aryl methyl sites for hydroxylation is 1. The Bertz CT molecular complexity index is 650. The van der Waals surface area contributed by atoms with Crippen LogP contribution in [-0.4, -0.2) is 33.6 Å².